The van der Waals surface area contributed by atoms with Crippen LogP contribution in [-0.4, -0.2) is 24.0 Å². The van der Waals surface area contributed by atoms with E-state index in [0.717, 1.165) is 18.7 Å². The average molecular weight is 243 g/mol. The molecule has 0 heterocycles. The Hall–Kier alpha value is -1.26. The second-order valence-corrected chi connectivity index (χ2v) is 5.05. The lowest BCUT2D eigenvalue weighted by Crippen LogP contribution is -2.37. The van der Waals surface area contributed by atoms with Gasteiger partial charge in [-0.05, 0) is 38.1 Å². The van der Waals surface area contributed by atoms with Gasteiger partial charge in [0.05, 0.1) is 6.04 Å². The fraction of sp³-hybridized carbons (Fsp3) is 0.529. The van der Waals surface area contributed by atoms with Gasteiger partial charge in [-0.3, -0.25) is 4.90 Å². The van der Waals surface area contributed by atoms with Crippen LogP contribution in [0.4, 0.5) is 0 Å². The molecular formula is C17H25N. The first-order chi connectivity index (χ1) is 8.58. The zero-order valence-corrected chi connectivity index (χ0v) is 12.3. The first-order valence-electron chi connectivity index (χ1n) is 6.90. The second-order valence-electron chi connectivity index (χ2n) is 5.05. The molecule has 1 nitrogen and oxygen atoms in total. The lowest BCUT2D eigenvalue weighted by Gasteiger charge is -2.28. The third-order valence-corrected chi connectivity index (χ3v) is 3.25. The van der Waals surface area contributed by atoms with Crippen LogP contribution >= 0.6 is 0 Å². The zero-order chi connectivity index (χ0) is 13.5. The SMILES string of the molecule is CCN(CC)C(C#Cc1ccc(C)cc1)C(C)C. The van der Waals surface area contributed by atoms with Crippen LogP contribution in [0.2, 0.25) is 0 Å². The monoisotopic (exact) mass is 243 g/mol. The van der Waals surface area contributed by atoms with E-state index in [1.807, 2.05) is 0 Å². The standard InChI is InChI=1S/C17H25N/c1-6-18(7-2)17(14(3)4)13-12-16-10-8-15(5)9-11-16/h8-11,14,17H,6-7H2,1-5H3. The first kappa shape index (κ1) is 14.8. The molecule has 0 aromatic heterocycles. The summed E-state index contributed by atoms with van der Waals surface area (Å²) in [5.74, 6) is 7.30. The van der Waals surface area contributed by atoms with Crippen molar-refractivity contribution < 1.29 is 0 Å². The number of aryl methyl sites for hydroxylation is 1. The van der Waals surface area contributed by atoms with Gasteiger partial charge in [0.1, 0.15) is 0 Å². The largest absolute Gasteiger partial charge is 0.290 e. The smallest absolute Gasteiger partial charge is 0.0741 e. The highest BCUT2D eigenvalue weighted by molar-refractivity contribution is 5.36. The molecule has 0 bridgehead atoms. The minimum Gasteiger partial charge on any atom is -0.290 e. The van der Waals surface area contributed by atoms with Crippen molar-refractivity contribution in [3.8, 4) is 11.8 Å². The van der Waals surface area contributed by atoms with E-state index in [-0.39, 0.29) is 0 Å². The summed E-state index contributed by atoms with van der Waals surface area (Å²) in [7, 11) is 0. The first-order valence-corrected chi connectivity index (χ1v) is 6.90. The maximum atomic E-state index is 3.43. The maximum absolute atomic E-state index is 3.43. The molecule has 0 fully saturated rings. The van der Waals surface area contributed by atoms with Gasteiger partial charge in [-0.2, -0.15) is 0 Å². The molecule has 0 saturated heterocycles. The van der Waals surface area contributed by atoms with Crippen LogP contribution in [0.25, 0.3) is 0 Å². The van der Waals surface area contributed by atoms with Crippen LogP contribution in [0.5, 0.6) is 0 Å². The molecular weight excluding hydrogens is 218 g/mol. The molecule has 18 heavy (non-hydrogen) atoms. The Balaban J connectivity index is 2.87. The van der Waals surface area contributed by atoms with Crippen molar-refractivity contribution in [3.63, 3.8) is 0 Å². The number of nitrogens with zero attached hydrogens (tertiary/aromatic N) is 1. The molecule has 1 rings (SSSR count). The Morgan fingerprint density at radius 2 is 1.61 bits per heavy atom. The summed E-state index contributed by atoms with van der Waals surface area (Å²) >= 11 is 0. The van der Waals surface area contributed by atoms with Gasteiger partial charge in [0.2, 0.25) is 0 Å². The van der Waals surface area contributed by atoms with E-state index < -0.39 is 0 Å². The third kappa shape index (κ3) is 4.20. The Morgan fingerprint density at radius 1 is 1.06 bits per heavy atom. The van der Waals surface area contributed by atoms with Gasteiger partial charge in [-0.25, -0.2) is 0 Å². The van der Waals surface area contributed by atoms with E-state index in [4.69, 9.17) is 0 Å². The van der Waals surface area contributed by atoms with Gasteiger partial charge >= 0.3 is 0 Å². The summed E-state index contributed by atoms with van der Waals surface area (Å²) in [6.07, 6.45) is 0. The van der Waals surface area contributed by atoms with E-state index >= 15 is 0 Å². The van der Waals surface area contributed by atoms with Gasteiger partial charge in [0.15, 0.2) is 0 Å². The molecule has 0 N–H and O–H groups in total. The number of benzene rings is 1. The van der Waals surface area contributed by atoms with Crippen LogP contribution in [0.15, 0.2) is 24.3 Å². The number of hydrogen-bond donors (Lipinski definition) is 0. The Bertz CT molecular complexity index is 401. The minimum atomic E-state index is 0.348. The predicted molar refractivity (Wildman–Crippen MR) is 79.6 cm³/mol. The van der Waals surface area contributed by atoms with Crippen molar-refractivity contribution in [2.75, 3.05) is 13.1 Å². The molecule has 1 unspecified atom stereocenters. The zero-order valence-electron chi connectivity index (χ0n) is 12.3. The Kier molecular flexibility index (Phi) is 5.95. The summed E-state index contributed by atoms with van der Waals surface area (Å²) in [5, 5.41) is 0. The fourth-order valence-electron chi connectivity index (χ4n) is 2.09. The lowest BCUT2D eigenvalue weighted by atomic mass is 10.0. The molecule has 1 aromatic rings. The van der Waals surface area contributed by atoms with Crippen LogP contribution < -0.4 is 0 Å². The minimum absolute atomic E-state index is 0.348. The molecule has 1 heteroatoms. The predicted octanol–water partition coefficient (Wildman–Crippen LogP) is 3.71. The van der Waals surface area contributed by atoms with Gasteiger partial charge in [0, 0.05) is 5.56 Å². The molecule has 1 atom stereocenters. The van der Waals surface area contributed by atoms with Crippen molar-refractivity contribution in [2.45, 2.75) is 40.7 Å². The van der Waals surface area contributed by atoms with Gasteiger partial charge in [-0.1, -0.05) is 57.2 Å². The molecule has 1 aromatic carbocycles. The molecule has 0 aliphatic heterocycles. The second kappa shape index (κ2) is 7.24. The van der Waals surface area contributed by atoms with E-state index in [2.05, 4.69) is 75.6 Å². The van der Waals surface area contributed by atoms with Crippen molar-refractivity contribution >= 4 is 0 Å². The van der Waals surface area contributed by atoms with Crippen LogP contribution in [0, 0.1) is 24.7 Å². The topological polar surface area (TPSA) is 3.24 Å². The lowest BCUT2D eigenvalue weighted by molar-refractivity contribution is 0.217. The Labute approximate surface area is 112 Å². The quantitative estimate of drug-likeness (QED) is 0.729. The molecule has 0 spiro atoms. The third-order valence-electron chi connectivity index (χ3n) is 3.25. The molecule has 98 valence electrons. The molecule has 0 radical (unpaired) electrons. The number of hydrogen-bond acceptors (Lipinski definition) is 1. The van der Waals surface area contributed by atoms with Gasteiger partial charge < -0.3 is 0 Å². The van der Waals surface area contributed by atoms with Crippen LogP contribution in [0.1, 0.15) is 38.8 Å². The Morgan fingerprint density at radius 3 is 2.06 bits per heavy atom. The van der Waals surface area contributed by atoms with Crippen molar-refractivity contribution in [2.24, 2.45) is 5.92 Å². The molecule has 0 amide bonds. The summed E-state index contributed by atoms with van der Waals surface area (Å²) in [6, 6.07) is 8.78. The van der Waals surface area contributed by atoms with E-state index in [1.165, 1.54) is 5.56 Å². The average Bonchev–Trinajstić information content (AvgIpc) is 2.36. The van der Waals surface area contributed by atoms with Crippen molar-refractivity contribution in [1.82, 2.24) is 4.90 Å². The highest BCUT2D eigenvalue weighted by Gasteiger charge is 2.16. The fourth-order valence-corrected chi connectivity index (χ4v) is 2.09. The highest BCUT2D eigenvalue weighted by atomic mass is 15.1. The molecule has 0 aliphatic rings. The number of rotatable bonds is 4. The van der Waals surface area contributed by atoms with E-state index in [0.29, 0.717) is 12.0 Å². The summed E-state index contributed by atoms with van der Waals surface area (Å²) in [5.41, 5.74) is 2.39. The van der Waals surface area contributed by atoms with Crippen LogP contribution in [-0.2, 0) is 0 Å². The highest BCUT2D eigenvalue weighted by Crippen LogP contribution is 2.10. The summed E-state index contributed by atoms with van der Waals surface area (Å²) < 4.78 is 0. The normalized spacial score (nSPS) is 12.4. The molecule has 0 saturated carbocycles. The summed E-state index contributed by atoms with van der Waals surface area (Å²) in [4.78, 5) is 2.42. The van der Waals surface area contributed by atoms with Crippen LogP contribution in [0.3, 0.4) is 0 Å². The van der Waals surface area contributed by atoms with E-state index in [9.17, 15) is 0 Å². The van der Waals surface area contributed by atoms with Crippen molar-refractivity contribution in [3.05, 3.63) is 35.4 Å². The van der Waals surface area contributed by atoms with Crippen molar-refractivity contribution in [1.29, 1.82) is 0 Å². The summed E-state index contributed by atoms with van der Waals surface area (Å²) in [6.45, 7) is 13.1. The maximum Gasteiger partial charge on any atom is 0.0741 e. The van der Waals surface area contributed by atoms with Gasteiger partial charge in [-0.15, -0.1) is 0 Å². The van der Waals surface area contributed by atoms with E-state index in [1.54, 1.807) is 0 Å². The van der Waals surface area contributed by atoms with Gasteiger partial charge in [0.25, 0.3) is 0 Å². The molecule has 0 aliphatic carbocycles.